The number of aromatic nitrogens is 1. The minimum atomic E-state index is -2.17. The van der Waals surface area contributed by atoms with Gasteiger partial charge in [-0.25, -0.2) is 0 Å². The Bertz CT molecular complexity index is 607. The molecule has 0 unspecified atom stereocenters. The first-order chi connectivity index (χ1) is 7.30. The van der Waals surface area contributed by atoms with Crippen molar-refractivity contribution in [1.29, 1.82) is 0 Å². The average molecular weight is 346 g/mol. The molecule has 0 spiro atoms. The molecule has 0 amide bonds. The van der Waals surface area contributed by atoms with Crippen LogP contribution in [-0.2, 0) is 7.05 Å². The molecule has 0 aliphatic heterocycles. The van der Waals surface area contributed by atoms with Gasteiger partial charge in [0.1, 0.15) is 0 Å². The standard InChI is InChI=1S/C8H5ClNO2.3CH3.Sn/c1-10-6-4-2-3-5(9)7(6)12-8(10)11;;;;/h3-4H,1H3;3*1H3;. The van der Waals surface area contributed by atoms with Crippen LogP contribution >= 0.6 is 11.6 Å². The van der Waals surface area contributed by atoms with Gasteiger partial charge in [0.05, 0.1) is 0 Å². The van der Waals surface area contributed by atoms with Crippen molar-refractivity contribution in [2.45, 2.75) is 14.8 Å². The van der Waals surface area contributed by atoms with Crippen LogP contribution in [0, 0.1) is 0 Å². The van der Waals surface area contributed by atoms with Crippen molar-refractivity contribution in [2.75, 3.05) is 0 Å². The monoisotopic (exact) mass is 347 g/mol. The van der Waals surface area contributed by atoms with E-state index in [4.69, 9.17) is 16.0 Å². The molecule has 1 aromatic carbocycles. The maximum absolute atomic E-state index is 11.4. The van der Waals surface area contributed by atoms with E-state index < -0.39 is 18.4 Å². The van der Waals surface area contributed by atoms with E-state index in [0.717, 1.165) is 5.52 Å². The predicted molar refractivity (Wildman–Crippen MR) is 69.4 cm³/mol. The molecule has 0 N–H and O–H groups in total. The van der Waals surface area contributed by atoms with E-state index in [0.29, 0.717) is 10.6 Å². The van der Waals surface area contributed by atoms with Crippen molar-refractivity contribution in [2.24, 2.45) is 7.05 Å². The Hall–Kier alpha value is -0.421. The van der Waals surface area contributed by atoms with Gasteiger partial charge in [-0.15, -0.1) is 0 Å². The first-order valence-electron chi connectivity index (χ1n) is 5.10. The van der Waals surface area contributed by atoms with Crippen LogP contribution in [0.1, 0.15) is 0 Å². The van der Waals surface area contributed by atoms with Crippen molar-refractivity contribution in [3.63, 3.8) is 0 Å². The summed E-state index contributed by atoms with van der Waals surface area (Å²) in [4.78, 5) is 18.3. The van der Waals surface area contributed by atoms with Crippen molar-refractivity contribution in [1.82, 2.24) is 4.57 Å². The molecule has 0 fully saturated rings. The van der Waals surface area contributed by atoms with Crippen LogP contribution < -0.4 is 9.34 Å². The third kappa shape index (κ3) is 1.91. The summed E-state index contributed by atoms with van der Waals surface area (Å²) in [5.74, 6) is -0.363. The molecular formula is C11H14ClNO2Sn. The fourth-order valence-electron chi connectivity index (χ4n) is 1.62. The summed E-state index contributed by atoms with van der Waals surface area (Å²) in [5, 5.41) is 0.539. The van der Waals surface area contributed by atoms with Gasteiger partial charge in [-0.05, 0) is 0 Å². The van der Waals surface area contributed by atoms with Crippen LogP contribution in [0.2, 0.25) is 19.8 Å². The number of hydrogen-bond acceptors (Lipinski definition) is 2. The van der Waals surface area contributed by atoms with E-state index in [9.17, 15) is 4.79 Å². The molecule has 0 radical (unpaired) electrons. The van der Waals surface area contributed by atoms with Gasteiger partial charge in [0.2, 0.25) is 0 Å². The van der Waals surface area contributed by atoms with Crippen molar-refractivity contribution in [3.8, 4) is 0 Å². The molecule has 0 bridgehead atoms. The number of nitrogens with zero attached hydrogens (tertiary/aromatic N) is 1. The topological polar surface area (TPSA) is 35.1 Å². The number of fused-ring (bicyclic) bond motifs is 1. The zero-order chi connectivity index (χ0) is 12.1. The Morgan fingerprint density at radius 3 is 2.50 bits per heavy atom. The Morgan fingerprint density at radius 2 is 1.94 bits per heavy atom. The van der Waals surface area contributed by atoms with Gasteiger partial charge in [-0.1, -0.05) is 0 Å². The van der Waals surface area contributed by atoms with Crippen molar-refractivity contribution < 1.29 is 4.42 Å². The molecule has 2 aromatic rings. The number of aryl methyl sites for hydroxylation is 1. The average Bonchev–Trinajstić information content (AvgIpc) is 2.44. The molecule has 0 aliphatic carbocycles. The molecule has 0 atom stereocenters. The van der Waals surface area contributed by atoms with Crippen LogP contribution in [0.4, 0.5) is 0 Å². The van der Waals surface area contributed by atoms with Gasteiger partial charge in [-0.3, -0.25) is 0 Å². The number of halogens is 1. The van der Waals surface area contributed by atoms with Gasteiger partial charge < -0.3 is 0 Å². The molecule has 3 nitrogen and oxygen atoms in total. The number of benzene rings is 1. The zero-order valence-corrected chi connectivity index (χ0v) is 13.4. The summed E-state index contributed by atoms with van der Waals surface area (Å²) in [6, 6.07) is 3.99. The van der Waals surface area contributed by atoms with Gasteiger partial charge in [-0.2, -0.15) is 0 Å². The van der Waals surface area contributed by atoms with E-state index in [1.807, 2.05) is 12.1 Å². The quantitative estimate of drug-likeness (QED) is 0.743. The minimum absolute atomic E-state index is 0.363. The normalized spacial score (nSPS) is 12.3. The van der Waals surface area contributed by atoms with Crippen LogP contribution in [0.5, 0.6) is 0 Å². The van der Waals surface area contributed by atoms with E-state index in [1.165, 1.54) is 8.15 Å². The summed E-state index contributed by atoms with van der Waals surface area (Å²) in [6.45, 7) is 0. The third-order valence-electron chi connectivity index (χ3n) is 2.71. The molecular weight excluding hydrogens is 332 g/mol. The molecule has 0 saturated carbocycles. The molecule has 86 valence electrons. The Kier molecular flexibility index (Phi) is 2.86. The van der Waals surface area contributed by atoms with Crippen LogP contribution in [-0.4, -0.2) is 22.9 Å². The molecule has 1 heterocycles. The second-order valence-corrected chi connectivity index (χ2v) is 19.9. The fourth-order valence-corrected chi connectivity index (χ4v) is 5.40. The number of hydrogen-bond donors (Lipinski definition) is 0. The predicted octanol–water partition coefficient (Wildman–Crippen LogP) is 2.33. The van der Waals surface area contributed by atoms with Crippen molar-refractivity contribution >= 4 is 44.7 Å². The molecule has 1 aromatic heterocycles. The van der Waals surface area contributed by atoms with E-state index in [1.54, 1.807) is 7.05 Å². The Morgan fingerprint density at radius 1 is 1.31 bits per heavy atom. The molecule has 2 rings (SSSR count). The third-order valence-corrected chi connectivity index (χ3v) is 8.76. The van der Waals surface area contributed by atoms with E-state index in [2.05, 4.69) is 14.8 Å². The summed E-state index contributed by atoms with van der Waals surface area (Å²) in [5.41, 5.74) is 1.28. The summed E-state index contributed by atoms with van der Waals surface area (Å²) in [7, 11) is 1.70. The molecule has 16 heavy (non-hydrogen) atoms. The van der Waals surface area contributed by atoms with Crippen LogP contribution in [0.3, 0.4) is 0 Å². The first kappa shape index (κ1) is 12.0. The second-order valence-electron chi connectivity index (χ2n) is 4.98. The van der Waals surface area contributed by atoms with Crippen LogP contribution in [0.15, 0.2) is 21.3 Å². The van der Waals surface area contributed by atoms with Crippen LogP contribution in [0.25, 0.3) is 11.1 Å². The van der Waals surface area contributed by atoms with Gasteiger partial charge in [0, 0.05) is 0 Å². The molecule has 0 aliphatic rings. The first-order valence-corrected chi connectivity index (χ1v) is 15.5. The number of oxazole rings is 1. The summed E-state index contributed by atoms with van der Waals surface area (Å²) in [6.07, 6.45) is 0. The Labute approximate surface area is 103 Å². The van der Waals surface area contributed by atoms with Gasteiger partial charge in [0.25, 0.3) is 0 Å². The molecule has 0 saturated heterocycles. The van der Waals surface area contributed by atoms with Crippen molar-refractivity contribution in [3.05, 3.63) is 27.7 Å². The summed E-state index contributed by atoms with van der Waals surface area (Å²) >= 11 is 3.97. The maximum atomic E-state index is 11.4. The van der Waals surface area contributed by atoms with Gasteiger partial charge >= 0.3 is 103 Å². The van der Waals surface area contributed by atoms with E-state index in [-0.39, 0.29) is 5.76 Å². The fraction of sp³-hybridized carbons (Fsp3) is 0.364. The van der Waals surface area contributed by atoms with E-state index >= 15 is 0 Å². The zero-order valence-electron chi connectivity index (χ0n) is 9.80. The SMILES string of the molecule is Cn1c(=O)oc2c(Cl)c[c]([Sn]([CH3])([CH3])[CH3])cc21. The summed E-state index contributed by atoms with van der Waals surface area (Å²) < 4.78 is 7.89. The second kappa shape index (κ2) is 3.81. The Balaban J connectivity index is 2.85. The van der Waals surface area contributed by atoms with Gasteiger partial charge in [0.15, 0.2) is 0 Å². The number of rotatable bonds is 1. The molecule has 5 heteroatoms.